The maximum atomic E-state index is 6.29. The molecule has 0 aliphatic heterocycles. The molecule has 0 N–H and O–H groups in total. The summed E-state index contributed by atoms with van der Waals surface area (Å²) in [5, 5.41) is 4.33. The van der Waals surface area contributed by atoms with Gasteiger partial charge in [0.2, 0.25) is 0 Å². The monoisotopic (exact) mass is 660 g/mol. The van der Waals surface area contributed by atoms with Crippen molar-refractivity contribution in [3.8, 4) is 44.9 Å². The van der Waals surface area contributed by atoms with Gasteiger partial charge < -0.3 is 8.83 Å². The molecule has 4 heteroatoms. The van der Waals surface area contributed by atoms with E-state index in [0.29, 0.717) is 0 Å². The van der Waals surface area contributed by atoms with E-state index in [1.807, 2.05) is 56.5 Å². The number of nitrogens with zero attached hydrogens (tertiary/aromatic N) is 2. The highest BCUT2D eigenvalue weighted by atomic mass is 16.3. The molecule has 51 heavy (non-hydrogen) atoms. The minimum absolute atomic E-state index is 0.0965. The van der Waals surface area contributed by atoms with E-state index in [2.05, 4.69) is 122 Å². The topological polar surface area (TPSA) is 52.1 Å². The maximum Gasteiger partial charge on any atom is 0.136 e. The molecule has 246 valence electrons. The number of fused-ring (bicyclic) bond motifs is 9. The van der Waals surface area contributed by atoms with Gasteiger partial charge in [0.1, 0.15) is 22.3 Å². The van der Waals surface area contributed by atoms with Crippen molar-refractivity contribution in [2.24, 2.45) is 0 Å². The van der Waals surface area contributed by atoms with Crippen LogP contribution in [-0.4, -0.2) is 9.97 Å². The van der Waals surface area contributed by atoms with E-state index in [0.717, 1.165) is 77.6 Å². The van der Waals surface area contributed by atoms with Gasteiger partial charge in [0, 0.05) is 38.7 Å². The lowest BCUT2D eigenvalue weighted by Gasteiger charge is -2.20. The third-order valence-corrected chi connectivity index (χ3v) is 10.3. The average Bonchev–Trinajstić information content (AvgIpc) is 3.80. The zero-order valence-electron chi connectivity index (χ0n) is 29.1. The molecule has 0 amide bonds. The molecule has 1 aliphatic rings. The van der Waals surface area contributed by atoms with Crippen LogP contribution in [0.5, 0.6) is 0 Å². The first-order chi connectivity index (χ1) is 24.9. The number of aromatic nitrogens is 2. The van der Waals surface area contributed by atoms with Crippen LogP contribution in [0.15, 0.2) is 155 Å². The molecule has 0 bridgehead atoms. The molecular weight excluding hydrogens is 625 g/mol. The third kappa shape index (κ3) is 5.06. The van der Waals surface area contributed by atoms with E-state index in [4.69, 9.17) is 13.8 Å². The van der Waals surface area contributed by atoms with Crippen LogP contribution >= 0.6 is 0 Å². The summed E-state index contributed by atoms with van der Waals surface area (Å²) in [6.45, 7) is 8.50. The van der Waals surface area contributed by atoms with E-state index in [1.54, 1.807) is 0 Å². The van der Waals surface area contributed by atoms with E-state index in [-0.39, 0.29) is 5.41 Å². The van der Waals surface area contributed by atoms with Crippen molar-refractivity contribution in [3.63, 3.8) is 0 Å². The number of benzene rings is 5. The van der Waals surface area contributed by atoms with Gasteiger partial charge in [-0.05, 0) is 89.7 Å². The van der Waals surface area contributed by atoms with Crippen molar-refractivity contribution in [1.29, 1.82) is 0 Å². The lowest BCUT2D eigenvalue weighted by molar-refractivity contribution is 0.658. The Morgan fingerprint density at radius 1 is 0.471 bits per heavy atom. The molecule has 0 radical (unpaired) electrons. The van der Waals surface area contributed by atoms with E-state index < -0.39 is 0 Å². The highest BCUT2D eigenvalue weighted by Gasteiger charge is 2.37. The van der Waals surface area contributed by atoms with E-state index in [1.165, 1.54) is 22.3 Å². The minimum atomic E-state index is -0.0965. The minimum Gasteiger partial charge on any atom is -0.456 e. The maximum absolute atomic E-state index is 6.29. The molecule has 4 heterocycles. The van der Waals surface area contributed by atoms with Crippen LogP contribution in [0, 0.1) is 0 Å². The summed E-state index contributed by atoms with van der Waals surface area (Å²) in [6.07, 6.45) is 5.86. The number of para-hydroxylation sites is 1. The molecule has 0 atom stereocenters. The van der Waals surface area contributed by atoms with Crippen LogP contribution in [0.1, 0.15) is 38.8 Å². The van der Waals surface area contributed by atoms with E-state index >= 15 is 0 Å². The molecule has 0 saturated heterocycles. The van der Waals surface area contributed by atoms with Crippen molar-refractivity contribution in [2.45, 2.75) is 33.1 Å². The highest BCUT2D eigenvalue weighted by molar-refractivity contribution is 6.15. The lowest BCUT2D eigenvalue weighted by atomic mass is 9.83. The first-order valence-electron chi connectivity index (χ1n) is 17.5. The zero-order valence-corrected chi connectivity index (χ0v) is 29.1. The molecule has 0 saturated carbocycles. The third-order valence-electron chi connectivity index (χ3n) is 10.3. The normalized spacial score (nSPS) is 13.2. The van der Waals surface area contributed by atoms with Gasteiger partial charge >= 0.3 is 0 Å². The van der Waals surface area contributed by atoms with Gasteiger partial charge in [-0.15, -0.1) is 0 Å². The Bertz CT molecular complexity index is 2780. The molecule has 0 fully saturated rings. The highest BCUT2D eigenvalue weighted by Crippen LogP contribution is 2.47. The summed E-state index contributed by atoms with van der Waals surface area (Å²) in [6, 6.07) is 44.8. The van der Waals surface area contributed by atoms with Crippen molar-refractivity contribution in [2.75, 3.05) is 0 Å². The van der Waals surface area contributed by atoms with E-state index in [9.17, 15) is 0 Å². The van der Waals surface area contributed by atoms with Crippen LogP contribution in [-0.2, 0) is 5.41 Å². The molecule has 10 rings (SSSR count). The number of allylic oxidation sites excluding steroid dienone is 2. The molecule has 1 aliphatic carbocycles. The average molecular weight is 661 g/mol. The van der Waals surface area contributed by atoms with Crippen molar-refractivity contribution in [3.05, 3.63) is 157 Å². The number of rotatable bonds is 3. The van der Waals surface area contributed by atoms with Gasteiger partial charge in [-0.1, -0.05) is 111 Å². The summed E-state index contributed by atoms with van der Waals surface area (Å²) in [7, 11) is 0. The number of hydrogen-bond acceptors (Lipinski definition) is 4. The fourth-order valence-electron chi connectivity index (χ4n) is 7.41. The molecule has 4 nitrogen and oxygen atoms in total. The predicted octanol–water partition coefficient (Wildman–Crippen LogP) is 13.2. The summed E-state index contributed by atoms with van der Waals surface area (Å²) in [4.78, 5) is 9.78. The van der Waals surface area contributed by atoms with Crippen LogP contribution in [0.25, 0.3) is 88.8 Å². The fourth-order valence-corrected chi connectivity index (χ4v) is 7.41. The second-order valence-corrected chi connectivity index (χ2v) is 13.7. The summed E-state index contributed by atoms with van der Waals surface area (Å²) >= 11 is 0. The van der Waals surface area contributed by atoms with Crippen molar-refractivity contribution in [1.82, 2.24) is 9.97 Å². The predicted molar refractivity (Wildman–Crippen MR) is 211 cm³/mol. The van der Waals surface area contributed by atoms with Gasteiger partial charge in [-0.25, -0.2) is 4.98 Å². The second kappa shape index (κ2) is 12.0. The number of furan rings is 2. The number of pyridine rings is 2. The molecule has 0 spiro atoms. The first kappa shape index (κ1) is 30.8. The van der Waals surface area contributed by atoms with Crippen LogP contribution in [0.2, 0.25) is 0 Å². The Morgan fingerprint density at radius 2 is 1.02 bits per heavy atom. The molecule has 4 aromatic heterocycles. The largest absolute Gasteiger partial charge is 0.456 e. The summed E-state index contributed by atoms with van der Waals surface area (Å²) in [5.74, 6) is 0. The smallest absolute Gasteiger partial charge is 0.136 e. The molecule has 0 unspecified atom stereocenters. The second-order valence-electron chi connectivity index (χ2n) is 13.7. The summed E-state index contributed by atoms with van der Waals surface area (Å²) in [5.41, 5.74) is 14.6. The Balaban J connectivity index is 0.000000830. The molecular formula is C47H36N2O2. The molecule has 9 aromatic rings. The van der Waals surface area contributed by atoms with Gasteiger partial charge in [-0.3, -0.25) is 4.98 Å². The quantitative estimate of drug-likeness (QED) is 0.177. The number of hydrogen-bond donors (Lipinski definition) is 0. The van der Waals surface area contributed by atoms with Crippen molar-refractivity contribution >= 4 is 43.9 Å². The van der Waals surface area contributed by atoms with Gasteiger partial charge in [0.25, 0.3) is 0 Å². The fraction of sp³-hybridized carbons (Fsp3) is 0.106. The standard InChI is InChI=1S/C43H28N2O2.C4H8/c1-43(2)34-7-5-21-44-41(34)42-35(43)18-19-36(45-42)28-15-13-26(14-16-28)25-9-11-27(12-10-25)29-17-20-38-31(22-29)33-24-39-32(23-40(33)47-38)30-6-3-4-8-37(30)46-39;1-3-4-2/h3-24H,1-2H3;3-4H,1-2H3/b;4-3-. The Morgan fingerprint density at radius 3 is 1.71 bits per heavy atom. The van der Waals surface area contributed by atoms with Gasteiger partial charge in [0.15, 0.2) is 0 Å². The molecule has 5 aromatic carbocycles. The summed E-state index contributed by atoms with van der Waals surface area (Å²) < 4.78 is 12.5. The Kier molecular flexibility index (Phi) is 7.22. The van der Waals surface area contributed by atoms with Crippen LogP contribution in [0.4, 0.5) is 0 Å². The Hall–Kier alpha value is -6.26. The zero-order chi connectivity index (χ0) is 34.7. The van der Waals surface area contributed by atoms with Gasteiger partial charge in [0.05, 0.1) is 17.1 Å². The van der Waals surface area contributed by atoms with Crippen LogP contribution in [0.3, 0.4) is 0 Å². The van der Waals surface area contributed by atoms with Crippen molar-refractivity contribution < 1.29 is 8.83 Å². The van der Waals surface area contributed by atoms with Crippen LogP contribution < -0.4 is 0 Å². The Labute approximate surface area is 296 Å². The first-order valence-corrected chi connectivity index (χ1v) is 17.5. The SMILES string of the molecule is C/C=C\C.CC1(C)c2cccnc2-c2nc(-c3ccc(-c4ccc(-c5ccc6oc7cc8c(cc7c6c5)oc5ccccc58)cc4)cc3)ccc21. The van der Waals surface area contributed by atoms with Gasteiger partial charge in [-0.2, -0.15) is 0 Å². The lowest BCUT2D eigenvalue weighted by Crippen LogP contribution is -2.15.